The van der Waals surface area contributed by atoms with Crippen molar-refractivity contribution in [3.63, 3.8) is 0 Å². The summed E-state index contributed by atoms with van der Waals surface area (Å²) >= 11 is 0. The summed E-state index contributed by atoms with van der Waals surface area (Å²) in [7, 11) is 0. The van der Waals surface area contributed by atoms with Crippen molar-refractivity contribution in [2.24, 2.45) is 0 Å². The first-order valence-electron chi connectivity index (χ1n) is 12.7. The van der Waals surface area contributed by atoms with Crippen LogP contribution in [0.1, 0.15) is 41.5 Å². The zero-order valence-corrected chi connectivity index (χ0v) is 22.4. The molecular weight excluding hydrogens is 488 g/mol. The minimum Gasteiger partial charge on any atom is -0.512 e. The monoisotopic (exact) mass is 520 g/mol. The lowest BCUT2D eigenvalue weighted by molar-refractivity contribution is -0.132. The highest BCUT2D eigenvalue weighted by atomic mass is 16.5. The van der Waals surface area contributed by atoms with Crippen LogP contribution in [0.4, 0.5) is 0 Å². The van der Waals surface area contributed by atoms with Crippen LogP contribution in [0.2, 0.25) is 0 Å². The molecule has 0 radical (unpaired) electrons. The van der Waals surface area contributed by atoms with Crippen molar-refractivity contribution < 1.29 is 24.5 Å². The van der Waals surface area contributed by atoms with Crippen LogP contribution in [0.15, 0.2) is 121 Å². The second kappa shape index (κ2) is 11.7. The molecule has 1 unspecified atom stereocenters. The number of allylic oxidation sites excluding steroid dienone is 6. The van der Waals surface area contributed by atoms with Gasteiger partial charge in [-0.3, -0.25) is 0 Å². The minimum atomic E-state index is -1.06. The van der Waals surface area contributed by atoms with E-state index in [1.807, 2.05) is 63.2 Å². The van der Waals surface area contributed by atoms with Crippen molar-refractivity contribution >= 4 is 11.5 Å². The molecule has 3 aromatic carbocycles. The highest BCUT2D eigenvalue weighted by Gasteiger charge is 2.31. The van der Waals surface area contributed by atoms with Crippen LogP contribution < -0.4 is 9.47 Å². The molecule has 39 heavy (non-hydrogen) atoms. The molecule has 0 aromatic heterocycles. The maximum absolute atomic E-state index is 12.7. The molecular formula is C34H32O5. The lowest BCUT2D eigenvalue weighted by atomic mass is 9.79. The number of carbonyl (C=O) groups is 1. The lowest BCUT2D eigenvalue weighted by Gasteiger charge is -2.25. The predicted octanol–water partition coefficient (Wildman–Crippen LogP) is 8.59. The Bertz CT molecular complexity index is 1540. The molecule has 1 aliphatic carbocycles. The standard InChI is InChI=1S/C34H32O5/c1-6-21(3)31(7-2)38-27-14-9-12-24(17-27)29-19-26(35)20-30(33(29)34(36)37)25-13-10-15-28(18-25)39-32-16-8-11-22(4)23(32)5/h6-19,30,35H,1-2,20H2,3-5H3,(H,36,37)/b31-21+. The average molecular weight is 521 g/mol. The summed E-state index contributed by atoms with van der Waals surface area (Å²) in [5, 5.41) is 21.1. The molecule has 5 nitrogen and oxygen atoms in total. The van der Waals surface area contributed by atoms with E-state index in [4.69, 9.17) is 9.47 Å². The number of hydrogen-bond donors (Lipinski definition) is 2. The van der Waals surface area contributed by atoms with Gasteiger partial charge in [-0.2, -0.15) is 0 Å². The molecule has 0 fully saturated rings. The summed E-state index contributed by atoms with van der Waals surface area (Å²) in [6.07, 6.45) is 4.96. The highest BCUT2D eigenvalue weighted by molar-refractivity contribution is 6.01. The maximum atomic E-state index is 12.7. The predicted molar refractivity (Wildman–Crippen MR) is 155 cm³/mol. The normalized spacial score (nSPS) is 15.7. The Morgan fingerprint density at radius 2 is 1.69 bits per heavy atom. The van der Waals surface area contributed by atoms with E-state index >= 15 is 0 Å². The Labute approximate surface area is 229 Å². The van der Waals surface area contributed by atoms with Gasteiger partial charge >= 0.3 is 5.97 Å². The maximum Gasteiger partial charge on any atom is 0.332 e. The van der Waals surface area contributed by atoms with Crippen molar-refractivity contribution in [2.75, 3.05) is 0 Å². The highest BCUT2D eigenvalue weighted by Crippen LogP contribution is 2.42. The molecule has 0 amide bonds. The SMILES string of the molecule is C=C/C(C)=C(\C=C)Oc1cccc(C2=C(C(=O)O)C(c3cccc(Oc4cccc(C)c4C)c3)CC(O)=C2)c1. The molecule has 4 rings (SSSR count). The van der Waals surface area contributed by atoms with Gasteiger partial charge in [-0.1, -0.05) is 55.6 Å². The van der Waals surface area contributed by atoms with E-state index in [0.29, 0.717) is 28.4 Å². The van der Waals surface area contributed by atoms with Crippen molar-refractivity contribution in [1.29, 1.82) is 0 Å². The lowest BCUT2D eigenvalue weighted by Crippen LogP contribution is -2.17. The number of aliphatic hydroxyl groups excluding tert-OH is 1. The first-order chi connectivity index (χ1) is 18.7. The van der Waals surface area contributed by atoms with Crippen molar-refractivity contribution in [3.8, 4) is 17.2 Å². The Hall–Kier alpha value is -4.77. The van der Waals surface area contributed by atoms with Gasteiger partial charge in [-0.15, -0.1) is 0 Å². The fourth-order valence-corrected chi connectivity index (χ4v) is 4.58. The van der Waals surface area contributed by atoms with E-state index in [1.165, 1.54) is 6.08 Å². The van der Waals surface area contributed by atoms with Gasteiger partial charge in [0.05, 0.1) is 11.3 Å². The molecule has 3 aromatic rings. The zero-order chi connectivity index (χ0) is 28.1. The summed E-state index contributed by atoms with van der Waals surface area (Å²) in [5.41, 5.74) is 4.94. The third kappa shape index (κ3) is 6.04. The van der Waals surface area contributed by atoms with E-state index in [1.54, 1.807) is 36.4 Å². The van der Waals surface area contributed by atoms with Crippen LogP contribution in [0.3, 0.4) is 0 Å². The number of aliphatic hydroxyl groups is 1. The Morgan fingerprint density at radius 1 is 0.974 bits per heavy atom. The average Bonchev–Trinajstić information content (AvgIpc) is 2.93. The Balaban J connectivity index is 1.75. The molecule has 0 bridgehead atoms. The molecule has 1 atom stereocenters. The van der Waals surface area contributed by atoms with Gasteiger partial charge < -0.3 is 19.7 Å². The summed E-state index contributed by atoms with van der Waals surface area (Å²) < 4.78 is 12.2. The first-order valence-corrected chi connectivity index (χ1v) is 12.7. The molecule has 0 saturated carbocycles. The van der Waals surface area contributed by atoms with Gasteiger partial charge in [-0.05, 0) is 96.7 Å². The molecule has 2 N–H and O–H groups in total. The van der Waals surface area contributed by atoms with Crippen LogP contribution >= 0.6 is 0 Å². The van der Waals surface area contributed by atoms with Gasteiger partial charge in [-0.25, -0.2) is 4.79 Å². The number of ether oxygens (including phenoxy) is 2. The van der Waals surface area contributed by atoms with E-state index in [2.05, 4.69) is 13.2 Å². The number of aliphatic carboxylic acids is 1. The number of hydrogen-bond acceptors (Lipinski definition) is 4. The summed E-state index contributed by atoms with van der Waals surface area (Å²) in [6, 6.07) is 20.4. The number of carboxylic acids is 1. The molecule has 5 heteroatoms. The van der Waals surface area contributed by atoms with Crippen LogP contribution in [0.5, 0.6) is 17.2 Å². The van der Waals surface area contributed by atoms with E-state index < -0.39 is 11.9 Å². The molecule has 0 aliphatic heterocycles. The quantitative estimate of drug-likeness (QED) is 0.218. The van der Waals surface area contributed by atoms with Crippen LogP contribution in [0, 0.1) is 13.8 Å². The van der Waals surface area contributed by atoms with E-state index in [-0.39, 0.29) is 17.8 Å². The molecule has 0 saturated heterocycles. The Morgan fingerprint density at radius 3 is 2.41 bits per heavy atom. The second-order valence-electron chi connectivity index (χ2n) is 9.48. The van der Waals surface area contributed by atoms with Crippen LogP contribution in [-0.2, 0) is 4.79 Å². The largest absolute Gasteiger partial charge is 0.512 e. The minimum absolute atomic E-state index is 0.0985. The topological polar surface area (TPSA) is 76.0 Å². The van der Waals surface area contributed by atoms with Gasteiger partial charge in [0.15, 0.2) is 0 Å². The van der Waals surface area contributed by atoms with E-state index in [9.17, 15) is 15.0 Å². The number of rotatable bonds is 9. The summed E-state index contributed by atoms with van der Waals surface area (Å²) in [6.45, 7) is 13.5. The summed E-state index contributed by atoms with van der Waals surface area (Å²) in [5.74, 6) is 0.861. The number of carboxylic acid groups (broad SMARTS) is 1. The molecule has 0 spiro atoms. The van der Waals surface area contributed by atoms with Crippen molar-refractivity contribution in [3.05, 3.63) is 143 Å². The first kappa shape index (κ1) is 27.3. The number of aryl methyl sites for hydroxylation is 1. The second-order valence-corrected chi connectivity index (χ2v) is 9.48. The molecule has 1 aliphatic rings. The smallest absolute Gasteiger partial charge is 0.332 e. The van der Waals surface area contributed by atoms with Gasteiger partial charge in [0.1, 0.15) is 23.0 Å². The van der Waals surface area contributed by atoms with Gasteiger partial charge in [0, 0.05) is 12.3 Å². The van der Waals surface area contributed by atoms with Crippen molar-refractivity contribution in [2.45, 2.75) is 33.1 Å². The molecule has 198 valence electrons. The Kier molecular flexibility index (Phi) is 8.21. The zero-order valence-electron chi connectivity index (χ0n) is 22.4. The van der Waals surface area contributed by atoms with Crippen LogP contribution in [-0.4, -0.2) is 16.2 Å². The summed E-state index contributed by atoms with van der Waals surface area (Å²) in [4.78, 5) is 12.7. The van der Waals surface area contributed by atoms with Gasteiger partial charge in [0.2, 0.25) is 0 Å². The van der Waals surface area contributed by atoms with Gasteiger partial charge in [0.25, 0.3) is 0 Å². The molecule has 0 heterocycles. The fraction of sp³-hybridized carbons (Fsp3) is 0.147. The number of benzene rings is 3. The van der Waals surface area contributed by atoms with Crippen molar-refractivity contribution in [1.82, 2.24) is 0 Å². The fourth-order valence-electron chi connectivity index (χ4n) is 4.58. The third-order valence-electron chi connectivity index (χ3n) is 6.89. The third-order valence-corrected chi connectivity index (χ3v) is 6.89. The van der Waals surface area contributed by atoms with Crippen LogP contribution in [0.25, 0.3) is 5.57 Å². The van der Waals surface area contributed by atoms with E-state index in [0.717, 1.165) is 28.0 Å².